The molecule has 2 amide bonds. The van der Waals surface area contributed by atoms with Crippen LogP contribution in [0.3, 0.4) is 0 Å². The first-order valence-electron chi connectivity index (χ1n) is 11.5. The number of hydrogen-bond donors (Lipinski definition) is 1. The second-order valence-electron chi connectivity index (χ2n) is 8.42. The summed E-state index contributed by atoms with van der Waals surface area (Å²) in [5.74, 6) is -0.0557. The Kier molecular flexibility index (Phi) is 6.55. The molecule has 1 aliphatic rings. The van der Waals surface area contributed by atoms with Gasteiger partial charge in [-0.1, -0.05) is 24.3 Å². The molecule has 0 spiro atoms. The quantitative estimate of drug-likeness (QED) is 0.120. The van der Waals surface area contributed by atoms with Crippen LogP contribution in [0.4, 0.5) is 11.4 Å². The van der Waals surface area contributed by atoms with Gasteiger partial charge >= 0.3 is 0 Å². The van der Waals surface area contributed by atoms with E-state index >= 15 is 0 Å². The average Bonchev–Trinajstić information content (AvgIpc) is 3.36. The lowest BCUT2D eigenvalue weighted by atomic mass is 10.1. The van der Waals surface area contributed by atoms with Crippen LogP contribution in [0, 0.1) is 17.0 Å². The van der Waals surface area contributed by atoms with Crippen molar-refractivity contribution in [3.8, 4) is 17.2 Å². The van der Waals surface area contributed by atoms with Crippen LogP contribution in [0.15, 0.2) is 96.7 Å². The van der Waals surface area contributed by atoms with Gasteiger partial charge in [0.1, 0.15) is 22.8 Å². The highest BCUT2D eigenvalue weighted by Crippen LogP contribution is 2.29. The topological polar surface area (TPSA) is 107 Å². The molecule has 188 valence electrons. The number of nitro benzene ring substituents is 1. The molecule has 0 radical (unpaired) electrons. The van der Waals surface area contributed by atoms with E-state index in [2.05, 4.69) is 5.32 Å². The number of rotatable bonds is 6. The van der Waals surface area contributed by atoms with Crippen molar-refractivity contribution in [2.45, 2.75) is 6.92 Å². The number of amides is 2. The molecule has 4 aromatic rings. The van der Waals surface area contributed by atoms with Gasteiger partial charge in [0.2, 0.25) is 0 Å². The van der Waals surface area contributed by atoms with Crippen molar-refractivity contribution in [3.05, 3.63) is 118 Å². The van der Waals surface area contributed by atoms with Crippen molar-refractivity contribution < 1.29 is 19.2 Å². The summed E-state index contributed by atoms with van der Waals surface area (Å²) < 4.78 is 7.36. The fraction of sp³-hybridized carbons (Fsp3) is 0.0357. The molecule has 0 atom stereocenters. The maximum Gasteiger partial charge on any atom is 0.293 e. The summed E-state index contributed by atoms with van der Waals surface area (Å²) in [5.41, 5.74) is 1.63. The predicted octanol–water partition coefficient (Wildman–Crippen LogP) is 5.32. The van der Waals surface area contributed by atoms with Crippen LogP contribution in [0.5, 0.6) is 11.5 Å². The fourth-order valence-electron chi connectivity index (χ4n) is 4.04. The Labute approximate surface area is 222 Å². The van der Waals surface area contributed by atoms with Crippen molar-refractivity contribution in [2.75, 3.05) is 4.90 Å². The van der Waals surface area contributed by atoms with Gasteiger partial charge in [-0.2, -0.15) is 0 Å². The summed E-state index contributed by atoms with van der Waals surface area (Å²) in [6.45, 7) is 1.76. The largest absolute Gasteiger partial charge is 0.457 e. The Morgan fingerprint density at radius 2 is 1.66 bits per heavy atom. The number of carbonyl (C=O) groups excluding carboxylic acids is 2. The maximum atomic E-state index is 13.5. The smallest absolute Gasteiger partial charge is 0.293 e. The van der Waals surface area contributed by atoms with Crippen molar-refractivity contribution in [1.82, 2.24) is 9.88 Å². The average molecular weight is 525 g/mol. The number of nitrogens with one attached hydrogen (secondary N) is 1. The lowest BCUT2D eigenvalue weighted by Gasteiger charge is -2.29. The molecule has 2 heterocycles. The zero-order valence-electron chi connectivity index (χ0n) is 20.0. The second kappa shape index (κ2) is 10.1. The van der Waals surface area contributed by atoms with Gasteiger partial charge in [-0.15, -0.1) is 0 Å². The number of benzene rings is 3. The third kappa shape index (κ3) is 4.80. The number of carbonyl (C=O) groups is 2. The van der Waals surface area contributed by atoms with Gasteiger partial charge in [-0.25, -0.2) is 0 Å². The Hall–Kier alpha value is -5.09. The van der Waals surface area contributed by atoms with E-state index in [1.54, 1.807) is 66.2 Å². The first kappa shape index (κ1) is 24.6. The summed E-state index contributed by atoms with van der Waals surface area (Å²) in [4.78, 5) is 38.7. The van der Waals surface area contributed by atoms with Gasteiger partial charge in [0.05, 0.1) is 10.6 Å². The van der Waals surface area contributed by atoms with Crippen molar-refractivity contribution >= 4 is 46.6 Å². The molecule has 5 rings (SSSR count). The summed E-state index contributed by atoms with van der Waals surface area (Å²) in [6, 6.07) is 24.1. The van der Waals surface area contributed by atoms with Crippen LogP contribution < -0.4 is 15.0 Å². The van der Waals surface area contributed by atoms with Crippen LogP contribution in [-0.2, 0) is 9.59 Å². The van der Waals surface area contributed by atoms with E-state index < -0.39 is 16.7 Å². The van der Waals surface area contributed by atoms with E-state index in [4.69, 9.17) is 17.0 Å². The molecular weight excluding hydrogens is 504 g/mol. The molecule has 3 aromatic carbocycles. The fourth-order valence-corrected chi connectivity index (χ4v) is 4.32. The number of para-hydroxylation sites is 1. The third-order valence-electron chi connectivity index (χ3n) is 5.84. The van der Waals surface area contributed by atoms with E-state index in [1.165, 1.54) is 17.0 Å². The number of nitrogens with zero attached hydrogens (tertiary/aromatic N) is 3. The Morgan fingerprint density at radius 3 is 2.37 bits per heavy atom. The zero-order chi connectivity index (χ0) is 26.8. The molecule has 1 aromatic heterocycles. The Morgan fingerprint density at radius 1 is 0.947 bits per heavy atom. The molecule has 0 bridgehead atoms. The molecule has 10 heteroatoms. The highest BCUT2D eigenvalue weighted by atomic mass is 32.1. The van der Waals surface area contributed by atoms with Crippen LogP contribution >= 0.6 is 12.2 Å². The summed E-state index contributed by atoms with van der Waals surface area (Å²) in [6.07, 6.45) is 3.02. The van der Waals surface area contributed by atoms with Crippen molar-refractivity contribution in [1.29, 1.82) is 0 Å². The van der Waals surface area contributed by atoms with Crippen LogP contribution in [0.1, 0.15) is 11.3 Å². The van der Waals surface area contributed by atoms with Crippen LogP contribution in [0.25, 0.3) is 11.8 Å². The first-order valence-corrected chi connectivity index (χ1v) is 11.9. The number of aromatic nitrogens is 1. The Bertz CT molecular complexity index is 1610. The van der Waals surface area contributed by atoms with Gasteiger partial charge in [-0.05, 0) is 85.4 Å². The number of hydrogen-bond acceptors (Lipinski definition) is 6. The van der Waals surface area contributed by atoms with E-state index in [9.17, 15) is 19.7 Å². The molecule has 1 aliphatic heterocycles. The van der Waals surface area contributed by atoms with Gasteiger partial charge in [0.25, 0.3) is 17.5 Å². The second-order valence-corrected chi connectivity index (χ2v) is 8.81. The summed E-state index contributed by atoms with van der Waals surface area (Å²) in [5, 5.41) is 14.2. The normalized spacial score (nSPS) is 14.5. The first-order chi connectivity index (χ1) is 18.3. The molecule has 0 aliphatic carbocycles. The summed E-state index contributed by atoms with van der Waals surface area (Å²) in [7, 11) is 0. The van der Waals surface area contributed by atoms with Gasteiger partial charge in [0, 0.05) is 18.0 Å². The molecule has 0 unspecified atom stereocenters. The summed E-state index contributed by atoms with van der Waals surface area (Å²) >= 11 is 5.30. The molecule has 1 fully saturated rings. The highest BCUT2D eigenvalue weighted by Gasteiger charge is 2.35. The maximum absolute atomic E-state index is 13.5. The minimum atomic E-state index is -0.661. The molecule has 38 heavy (non-hydrogen) atoms. The number of ether oxygens (including phenoxy) is 1. The molecular formula is C28H20N4O5S. The van der Waals surface area contributed by atoms with E-state index in [0.29, 0.717) is 28.6 Å². The van der Waals surface area contributed by atoms with Gasteiger partial charge in [-0.3, -0.25) is 29.9 Å². The zero-order valence-corrected chi connectivity index (χ0v) is 20.8. The molecule has 9 nitrogen and oxygen atoms in total. The minimum absolute atomic E-state index is 0.0570. The SMILES string of the molecule is Cc1ccc(-n2cccc2/C=C2/C(=O)NC(=S)N(c3ccc(Oc4ccccc4)cc3)C2=O)c([N+](=O)[O-])c1. The number of aryl methyl sites for hydroxylation is 1. The van der Waals surface area contributed by atoms with Gasteiger partial charge < -0.3 is 9.30 Å². The number of nitro groups is 1. The predicted molar refractivity (Wildman–Crippen MR) is 146 cm³/mol. The monoisotopic (exact) mass is 524 g/mol. The molecule has 0 saturated carbocycles. The van der Waals surface area contributed by atoms with Crippen molar-refractivity contribution in [2.24, 2.45) is 0 Å². The van der Waals surface area contributed by atoms with E-state index in [0.717, 1.165) is 5.56 Å². The number of anilines is 1. The highest BCUT2D eigenvalue weighted by molar-refractivity contribution is 7.80. The standard InChI is InChI=1S/C28H20N4O5S/c1-18-9-14-24(25(16-18)32(35)36)30-15-5-6-20(30)17-23-26(33)29-28(38)31(27(23)34)19-10-12-22(13-11-19)37-21-7-3-2-4-8-21/h2-17H,1H3,(H,29,33,38)/b23-17-. The Balaban J connectivity index is 1.46. The minimum Gasteiger partial charge on any atom is -0.457 e. The lowest BCUT2D eigenvalue weighted by molar-refractivity contribution is -0.384. The third-order valence-corrected chi connectivity index (χ3v) is 6.12. The van der Waals surface area contributed by atoms with E-state index in [-0.39, 0.29) is 16.4 Å². The lowest BCUT2D eigenvalue weighted by Crippen LogP contribution is -2.54. The number of thiocarbonyl (C=S) groups is 1. The van der Waals surface area contributed by atoms with Crippen LogP contribution in [0.2, 0.25) is 0 Å². The van der Waals surface area contributed by atoms with E-state index in [1.807, 2.05) is 30.3 Å². The molecule has 1 saturated heterocycles. The van der Waals surface area contributed by atoms with Crippen LogP contribution in [-0.4, -0.2) is 26.4 Å². The van der Waals surface area contributed by atoms with Gasteiger partial charge in [0.15, 0.2) is 5.11 Å². The van der Waals surface area contributed by atoms with Crippen molar-refractivity contribution in [3.63, 3.8) is 0 Å². The molecule has 1 N–H and O–H groups in total.